The van der Waals surface area contributed by atoms with Crippen LogP contribution in [0.3, 0.4) is 0 Å². The maximum atomic E-state index is 12.2. The first-order chi connectivity index (χ1) is 11.5. The number of aryl methyl sites for hydroxylation is 1. The van der Waals surface area contributed by atoms with Crippen molar-refractivity contribution in [3.8, 4) is 5.75 Å². The number of anilines is 1. The minimum atomic E-state index is -0.146. The smallest absolute Gasteiger partial charge is 0.258 e. The molecule has 0 saturated heterocycles. The Kier molecular flexibility index (Phi) is 4.29. The number of hydrogen-bond donors (Lipinski definition) is 1. The van der Waals surface area contributed by atoms with E-state index >= 15 is 0 Å². The zero-order valence-electron chi connectivity index (χ0n) is 13.4. The standard InChI is InChI=1S/C18H17N3O3/c1-12-5-4-8-21-17(23)10-15(20-18(12)21)11-24-16-7-3-6-14(9-16)19-13(2)22/h3-10H,11H2,1-2H3,(H,19,22). The molecule has 0 bridgehead atoms. The van der Waals surface area contributed by atoms with Crippen molar-refractivity contribution in [2.75, 3.05) is 5.32 Å². The number of rotatable bonds is 4. The number of aromatic nitrogens is 2. The highest BCUT2D eigenvalue weighted by atomic mass is 16.5. The Labute approximate surface area is 138 Å². The molecule has 1 aromatic carbocycles. The van der Waals surface area contributed by atoms with Crippen LogP contribution in [-0.2, 0) is 11.4 Å². The van der Waals surface area contributed by atoms with Gasteiger partial charge in [0.25, 0.3) is 5.56 Å². The van der Waals surface area contributed by atoms with Crippen molar-refractivity contribution in [3.05, 3.63) is 70.3 Å². The predicted octanol–water partition coefficient (Wildman–Crippen LogP) is 2.54. The van der Waals surface area contributed by atoms with E-state index in [0.29, 0.717) is 22.8 Å². The fourth-order valence-corrected chi connectivity index (χ4v) is 2.41. The summed E-state index contributed by atoms with van der Waals surface area (Å²) in [6, 6.07) is 12.2. The molecule has 0 saturated carbocycles. The van der Waals surface area contributed by atoms with Crippen LogP contribution in [0.5, 0.6) is 5.75 Å². The second-order valence-electron chi connectivity index (χ2n) is 5.47. The molecule has 2 aromatic heterocycles. The Bertz CT molecular complexity index is 963. The minimum absolute atomic E-state index is 0.144. The van der Waals surface area contributed by atoms with Crippen molar-refractivity contribution >= 4 is 17.2 Å². The largest absolute Gasteiger partial charge is 0.487 e. The average molecular weight is 323 g/mol. The molecule has 1 N–H and O–H groups in total. The quantitative estimate of drug-likeness (QED) is 0.801. The van der Waals surface area contributed by atoms with Crippen molar-refractivity contribution < 1.29 is 9.53 Å². The van der Waals surface area contributed by atoms with Crippen molar-refractivity contribution in [3.63, 3.8) is 0 Å². The van der Waals surface area contributed by atoms with Crippen molar-refractivity contribution in [2.24, 2.45) is 0 Å². The summed E-state index contributed by atoms with van der Waals surface area (Å²) in [7, 11) is 0. The predicted molar refractivity (Wildman–Crippen MR) is 91.3 cm³/mol. The highest BCUT2D eigenvalue weighted by molar-refractivity contribution is 5.88. The van der Waals surface area contributed by atoms with E-state index in [-0.39, 0.29) is 18.1 Å². The Morgan fingerprint density at radius 2 is 2.08 bits per heavy atom. The van der Waals surface area contributed by atoms with Gasteiger partial charge in [0, 0.05) is 30.9 Å². The zero-order valence-corrected chi connectivity index (χ0v) is 13.4. The topological polar surface area (TPSA) is 72.7 Å². The van der Waals surface area contributed by atoms with Crippen LogP contribution in [0.4, 0.5) is 5.69 Å². The van der Waals surface area contributed by atoms with Crippen LogP contribution < -0.4 is 15.6 Å². The van der Waals surface area contributed by atoms with Crippen molar-refractivity contribution in [2.45, 2.75) is 20.5 Å². The monoisotopic (exact) mass is 323 g/mol. The van der Waals surface area contributed by atoms with E-state index in [1.807, 2.05) is 19.1 Å². The van der Waals surface area contributed by atoms with Gasteiger partial charge < -0.3 is 10.1 Å². The van der Waals surface area contributed by atoms with Gasteiger partial charge in [0.15, 0.2) is 0 Å². The lowest BCUT2D eigenvalue weighted by Crippen LogP contribution is -2.17. The van der Waals surface area contributed by atoms with Gasteiger partial charge in [-0.25, -0.2) is 4.98 Å². The SMILES string of the molecule is CC(=O)Nc1cccc(OCc2cc(=O)n3cccc(C)c3n2)c1. The summed E-state index contributed by atoms with van der Waals surface area (Å²) in [4.78, 5) is 27.7. The van der Waals surface area contributed by atoms with E-state index in [1.54, 1.807) is 30.5 Å². The molecule has 122 valence electrons. The molecule has 0 spiro atoms. The molecule has 1 amide bonds. The third kappa shape index (κ3) is 3.43. The first kappa shape index (κ1) is 15.7. The number of pyridine rings is 1. The fourth-order valence-electron chi connectivity index (χ4n) is 2.41. The van der Waals surface area contributed by atoms with Crippen LogP contribution in [0.2, 0.25) is 0 Å². The molecule has 0 fully saturated rings. The summed E-state index contributed by atoms with van der Waals surface area (Å²) in [5.74, 6) is 0.444. The van der Waals surface area contributed by atoms with Gasteiger partial charge in [-0.15, -0.1) is 0 Å². The van der Waals surface area contributed by atoms with E-state index in [2.05, 4.69) is 10.3 Å². The molecule has 3 aromatic rings. The van der Waals surface area contributed by atoms with E-state index in [0.717, 1.165) is 5.56 Å². The van der Waals surface area contributed by atoms with Gasteiger partial charge in [0.2, 0.25) is 5.91 Å². The lowest BCUT2D eigenvalue weighted by atomic mass is 10.3. The number of ether oxygens (including phenoxy) is 1. The number of hydrogen-bond acceptors (Lipinski definition) is 4. The lowest BCUT2D eigenvalue weighted by molar-refractivity contribution is -0.114. The highest BCUT2D eigenvalue weighted by Crippen LogP contribution is 2.18. The molecule has 0 atom stereocenters. The molecule has 3 rings (SSSR count). The van der Waals surface area contributed by atoms with E-state index < -0.39 is 0 Å². The molecule has 6 heteroatoms. The molecular weight excluding hydrogens is 306 g/mol. The summed E-state index contributed by atoms with van der Waals surface area (Å²) in [5.41, 5.74) is 2.61. The summed E-state index contributed by atoms with van der Waals surface area (Å²) in [5, 5.41) is 2.70. The van der Waals surface area contributed by atoms with Gasteiger partial charge in [0.05, 0.1) is 5.69 Å². The number of nitrogens with zero attached hydrogens (tertiary/aromatic N) is 2. The summed E-state index contributed by atoms with van der Waals surface area (Å²) in [6.45, 7) is 3.52. The molecule has 0 aliphatic carbocycles. The van der Waals surface area contributed by atoms with Crippen LogP contribution in [-0.4, -0.2) is 15.3 Å². The number of carbonyl (C=O) groups is 1. The number of nitrogens with one attached hydrogen (secondary N) is 1. The van der Waals surface area contributed by atoms with Gasteiger partial charge in [-0.1, -0.05) is 12.1 Å². The van der Waals surface area contributed by atoms with E-state index in [4.69, 9.17) is 4.74 Å². The number of benzene rings is 1. The third-order valence-corrected chi connectivity index (χ3v) is 3.48. The zero-order chi connectivity index (χ0) is 17.1. The van der Waals surface area contributed by atoms with Gasteiger partial charge in [-0.3, -0.25) is 14.0 Å². The maximum absolute atomic E-state index is 12.2. The normalized spacial score (nSPS) is 10.6. The Morgan fingerprint density at radius 3 is 2.88 bits per heavy atom. The highest BCUT2D eigenvalue weighted by Gasteiger charge is 2.06. The second kappa shape index (κ2) is 6.54. The van der Waals surface area contributed by atoms with Crippen LogP contribution >= 0.6 is 0 Å². The lowest BCUT2D eigenvalue weighted by Gasteiger charge is -2.09. The van der Waals surface area contributed by atoms with E-state index in [1.165, 1.54) is 17.4 Å². The van der Waals surface area contributed by atoms with Crippen LogP contribution in [0.1, 0.15) is 18.2 Å². The molecule has 0 radical (unpaired) electrons. The first-order valence-corrected chi connectivity index (χ1v) is 7.51. The summed E-state index contributed by atoms with van der Waals surface area (Å²) >= 11 is 0. The molecule has 24 heavy (non-hydrogen) atoms. The average Bonchev–Trinajstić information content (AvgIpc) is 2.54. The second-order valence-corrected chi connectivity index (χ2v) is 5.47. The Balaban J connectivity index is 1.82. The van der Waals surface area contributed by atoms with Gasteiger partial charge in [-0.2, -0.15) is 0 Å². The molecular formula is C18H17N3O3. The van der Waals surface area contributed by atoms with Gasteiger partial charge >= 0.3 is 0 Å². The molecule has 0 unspecified atom stereocenters. The minimum Gasteiger partial charge on any atom is -0.487 e. The fraction of sp³-hybridized carbons (Fsp3) is 0.167. The third-order valence-electron chi connectivity index (χ3n) is 3.48. The Hall–Kier alpha value is -3.15. The van der Waals surface area contributed by atoms with Crippen LogP contribution in [0.25, 0.3) is 5.65 Å². The number of amides is 1. The number of fused-ring (bicyclic) bond motifs is 1. The van der Waals surface area contributed by atoms with Crippen molar-refractivity contribution in [1.82, 2.24) is 9.38 Å². The van der Waals surface area contributed by atoms with Crippen LogP contribution in [0, 0.1) is 6.92 Å². The van der Waals surface area contributed by atoms with Crippen molar-refractivity contribution in [1.29, 1.82) is 0 Å². The summed E-state index contributed by atoms with van der Waals surface area (Å²) < 4.78 is 7.21. The maximum Gasteiger partial charge on any atom is 0.258 e. The van der Waals surface area contributed by atoms with Crippen LogP contribution in [0.15, 0.2) is 53.5 Å². The molecule has 6 nitrogen and oxygen atoms in total. The van der Waals surface area contributed by atoms with Gasteiger partial charge in [-0.05, 0) is 30.7 Å². The molecule has 0 aliphatic heterocycles. The number of carbonyl (C=O) groups excluding carboxylic acids is 1. The summed E-state index contributed by atoms with van der Waals surface area (Å²) in [6.07, 6.45) is 1.69. The Morgan fingerprint density at radius 1 is 1.25 bits per heavy atom. The molecule has 2 heterocycles. The van der Waals surface area contributed by atoms with Gasteiger partial charge in [0.1, 0.15) is 18.0 Å². The first-order valence-electron chi connectivity index (χ1n) is 7.51. The van der Waals surface area contributed by atoms with E-state index in [9.17, 15) is 9.59 Å². The molecule has 0 aliphatic rings.